The van der Waals surface area contributed by atoms with Crippen LogP contribution in [0.2, 0.25) is 0 Å². The van der Waals surface area contributed by atoms with Gasteiger partial charge >= 0.3 is 6.03 Å². The maximum Gasteiger partial charge on any atom is 0.319 e. The predicted molar refractivity (Wildman–Crippen MR) is 101 cm³/mol. The first-order chi connectivity index (χ1) is 13.1. The zero-order valence-corrected chi connectivity index (χ0v) is 15.0. The number of carbonyl (C=O) groups excluding carboxylic acids is 2. The van der Waals surface area contributed by atoms with Crippen LogP contribution in [0.5, 0.6) is 5.75 Å². The summed E-state index contributed by atoms with van der Waals surface area (Å²) in [6, 6.07) is 13.0. The van der Waals surface area contributed by atoms with Crippen LogP contribution in [0.1, 0.15) is 17.2 Å². The summed E-state index contributed by atoms with van der Waals surface area (Å²) in [6.45, 7) is 1.04. The molecule has 0 spiro atoms. The monoisotopic (exact) mass is 367 g/mol. The quantitative estimate of drug-likeness (QED) is 0.873. The molecule has 27 heavy (non-hydrogen) atoms. The fourth-order valence-corrected chi connectivity index (χ4v) is 3.36. The van der Waals surface area contributed by atoms with Gasteiger partial charge in [0.2, 0.25) is 0 Å². The Morgan fingerprint density at radius 3 is 3.00 bits per heavy atom. The highest BCUT2D eigenvalue weighted by molar-refractivity contribution is 5.98. The van der Waals surface area contributed by atoms with E-state index in [2.05, 4.69) is 16.7 Å². The van der Waals surface area contributed by atoms with Gasteiger partial charge in [-0.3, -0.25) is 4.79 Å². The van der Waals surface area contributed by atoms with E-state index >= 15 is 0 Å². The van der Waals surface area contributed by atoms with Crippen molar-refractivity contribution < 1.29 is 19.1 Å². The SMILES string of the molecule is CN1C(=O)COc2cc(NC(=O)NC[C@H]3OCCc4ccccc43)ccc21. The number of ether oxygens (including phenoxy) is 2. The molecule has 3 amide bonds. The average molecular weight is 367 g/mol. The van der Waals surface area contributed by atoms with E-state index in [1.165, 1.54) is 5.56 Å². The summed E-state index contributed by atoms with van der Waals surface area (Å²) < 4.78 is 11.2. The van der Waals surface area contributed by atoms with Gasteiger partial charge in [0, 0.05) is 25.3 Å². The van der Waals surface area contributed by atoms with Gasteiger partial charge in [0.1, 0.15) is 11.9 Å². The summed E-state index contributed by atoms with van der Waals surface area (Å²) in [5.74, 6) is 0.466. The lowest BCUT2D eigenvalue weighted by molar-refractivity contribution is -0.120. The van der Waals surface area contributed by atoms with Crippen molar-refractivity contribution in [3.8, 4) is 5.75 Å². The molecular weight excluding hydrogens is 346 g/mol. The Hall–Kier alpha value is -3.06. The van der Waals surface area contributed by atoms with Crippen molar-refractivity contribution in [2.75, 3.05) is 37.0 Å². The standard InChI is InChI=1S/C20H21N3O4/c1-23-16-7-6-14(10-17(16)27-12-19(23)24)22-20(25)21-11-18-15-5-3-2-4-13(15)8-9-26-18/h2-7,10,18H,8-9,11-12H2,1H3,(H2,21,22,25)/t18-/m1/s1. The summed E-state index contributed by atoms with van der Waals surface area (Å²) in [6.07, 6.45) is 0.748. The van der Waals surface area contributed by atoms with Gasteiger partial charge in [0.05, 0.1) is 12.3 Å². The normalized spacial score (nSPS) is 18.2. The summed E-state index contributed by atoms with van der Waals surface area (Å²) in [5, 5.41) is 5.65. The van der Waals surface area contributed by atoms with Crippen molar-refractivity contribution in [2.24, 2.45) is 0 Å². The topological polar surface area (TPSA) is 79.9 Å². The minimum absolute atomic E-state index is 0.00240. The molecule has 140 valence electrons. The van der Waals surface area contributed by atoms with Crippen molar-refractivity contribution in [2.45, 2.75) is 12.5 Å². The van der Waals surface area contributed by atoms with Crippen LogP contribution < -0.4 is 20.3 Å². The van der Waals surface area contributed by atoms with E-state index in [1.807, 2.05) is 18.2 Å². The van der Waals surface area contributed by atoms with E-state index in [1.54, 1.807) is 30.1 Å². The van der Waals surface area contributed by atoms with Crippen molar-refractivity contribution in [1.82, 2.24) is 5.32 Å². The van der Waals surface area contributed by atoms with Crippen LogP contribution >= 0.6 is 0 Å². The van der Waals surface area contributed by atoms with Crippen LogP contribution in [0.25, 0.3) is 0 Å². The summed E-state index contributed by atoms with van der Waals surface area (Å²) >= 11 is 0. The minimum Gasteiger partial charge on any atom is -0.481 e. The van der Waals surface area contributed by atoms with Gasteiger partial charge in [0.15, 0.2) is 6.61 Å². The number of nitrogens with one attached hydrogen (secondary N) is 2. The highest BCUT2D eigenvalue weighted by Crippen LogP contribution is 2.33. The maximum absolute atomic E-state index is 12.3. The number of hydrogen-bond donors (Lipinski definition) is 2. The average Bonchev–Trinajstić information content (AvgIpc) is 2.69. The largest absolute Gasteiger partial charge is 0.481 e. The number of likely N-dealkylation sites (N-methyl/N-ethyl adjacent to an activating group) is 1. The van der Waals surface area contributed by atoms with Crippen LogP contribution in [0.15, 0.2) is 42.5 Å². The van der Waals surface area contributed by atoms with Gasteiger partial charge in [-0.2, -0.15) is 0 Å². The van der Waals surface area contributed by atoms with E-state index in [0.717, 1.165) is 12.0 Å². The Balaban J connectivity index is 1.37. The first-order valence-corrected chi connectivity index (χ1v) is 8.89. The molecule has 0 bridgehead atoms. The zero-order chi connectivity index (χ0) is 18.8. The molecule has 0 aliphatic carbocycles. The summed E-state index contributed by atoms with van der Waals surface area (Å²) in [7, 11) is 1.70. The number of rotatable bonds is 3. The predicted octanol–water partition coefficient (Wildman–Crippen LogP) is 2.48. The Morgan fingerprint density at radius 1 is 1.26 bits per heavy atom. The molecule has 2 aromatic rings. The number of nitrogens with zero attached hydrogens (tertiary/aromatic N) is 1. The molecule has 0 fully saturated rings. The van der Waals surface area contributed by atoms with E-state index in [0.29, 0.717) is 30.3 Å². The van der Waals surface area contributed by atoms with Gasteiger partial charge in [-0.05, 0) is 29.7 Å². The van der Waals surface area contributed by atoms with Crippen molar-refractivity contribution >= 4 is 23.3 Å². The lowest BCUT2D eigenvalue weighted by atomic mass is 9.98. The molecule has 0 saturated heterocycles. The van der Waals surface area contributed by atoms with Gasteiger partial charge in [-0.25, -0.2) is 4.79 Å². The molecule has 0 unspecified atom stereocenters. The molecule has 7 nitrogen and oxygen atoms in total. The highest BCUT2D eigenvalue weighted by Gasteiger charge is 2.23. The third kappa shape index (κ3) is 3.59. The Morgan fingerprint density at radius 2 is 2.11 bits per heavy atom. The van der Waals surface area contributed by atoms with Crippen molar-refractivity contribution in [3.63, 3.8) is 0 Å². The highest BCUT2D eigenvalue weighted by atomic mass is 16.5. The molecule has 2 aromatic carbocycles. The van der Waals surface area contributed by atoms with Gasteiger partial charge < -0.3 is 25.0 Å². The lowest BCUT2D eigenvalue weighted by Crippen LogP contribution is -2.36. The van der Waals surface area contributed by atoms with E-state index in [-0.39, 0.29) is 24.6 Å². The lowest BCUT2D eigenvalue weighted by Gasteiger charge is -2.27. The molecule has 7 heteroatoms. The molecule has 2 N–H and O–H groups in total. The maximum atomic E-state index is 12.3. The van der Waals surface area contributed by atoms with Crippen molar-refractivity contribution in [3.05, 3.63) is 53.6 Å². The fraction of sp³-hybridized carbons (Fsp3) is 0.300. The van der Waals surface area contributed by atoms with Gasteiger partial charge in [-0.1, -0.05) is 24.3 Å². The molecular formula is C20H21N3O4. The van der Waals surface area contributed by atoms with Gasteiger partial charge in [0.25, 0.3) is 5.91 Å². The van der Waals surface area contributed by atoms with Gasteiger partial charge in [-0.15, -0.1) is 0 Å². The van der Waals surface area contributed by atoms with Crippen LogP contribution in [-0.4, -0.2) is 38.7 Å². The molecule has 4 rings (SSSR count). The van der Waals surface area contributed by atoms with E-state index in [9.17, 15) is 9.59 Å². The van der Waals surface area contributed by atoms with Crippen LogP contribution in [0.4, 0.5) is 16.2 Å². The first-order valence-electron chi connectivity index (χ1n) is 8.89. The van der Waals surface area contributed by atoms with Crippen LogP contribution in [0.3, 0.4) is 0 Å². The number of hydrogen-bond acceptors (Lipinski definition) is 4. The second kappa shape index (κ2) is 7.28. The Kier molecular flexibility index (Phi) is 4.68. The second-order valence-corrected chi connectivity index (χ2v) is 6.57. The summed E-state index contributed by atoms with van der Waals surface area (Å²) in [5.41, 5.74) is 3.67. The molecule has 2 heterocycles. The molecule has 0 radical (unpaired) electrons. The molecule has 1 atom stereocenters. The number of amides is 3. The summed E-state index contributed by atoms with van der Waals surface area (Å²) in [4.78, 5) is 25.5. The first kappa shape index (κ1) is 17.4. The molecule has 0 saturated carbocycles. The number of anilines is 2. The second-order valence-electron chi connectivity index (χ2n) is 6.57. The smallest absolute Gasteiger partial charge is 0.319 e. The number of benzene rings is 2. The molecule has 0 aromatic heterocycles. The number of fused-ring (bicyclic) bond motifs is 2. The zero-order valence-electron chi connectivity index (χ0n) is 15.0. The Bertz CT molecular complexity index is 883. The van der Waals surface area contributed by atoms with Crippen LogP contribution in [0, 0.1) is 0 Å². The van der Waals surface area contributed by atoms with Crippen molar-refractivity contribution in [1.29, 1.82) is 0 Å². The van der Waals surface area contributed by atoms with E-state index < -0.39 is 0 Å². The Labute approximate surface area is 157 Å². The molecule has 2 aliphatic heterocycles. The van der Waals surface area contributed by atoms with E-state index in [4.69, 9.17) is 9.47 Å². The fourth-order valence-electron chi connectivity index (χ4n) is 3.36. The third-order valence-electron chi connectivity index (χ3n) is 4.84. The van der Waals surface area contributed by atoms with Crippen LogP contribution in [-0.2, 0) is 16.0 Å². The molecule has 2 aliphatic rings. The third-order valence-corrected chi connectivity index (χ3v) is 4.84. The number of carbonyl (C=O) groups is 2. The minimum atomic E-state index is -0.318. The number of urea groups is 1.